The standard InChI is InChI=1S/C21H26N4O3/c1-2-3-6-11-25-19(22)17(21(26)28-13-14-8-7-12-27-14)18-20(25)24-16-10-5-4-9-15(16)23-18/h4-5,9-10,14H,2-3,6-8,11-13,22H2,1H3/t14-/m1/s1. The van der Waals surface area contributed by atoms with Gasteiger partial charge in [-0.25, -0.2) is 14.8 Å². The Kier molecular flexibility index (Phi) is 5.43. The Morgan fingerprint density at radius 2 is 2.07 bits per heavy atom. The summed E-state index contributed by atoms with van der Waals surface area (Å²) in [6, 6.07) is 7.62. The molecule has 3 heterocycles. The van der Waals surface area contributed by atoms with Crippen molar-refractivity contribution in [3.63, 3.8) is 0 Å². The van der Waals surface area contributed by atoms with Crippen LogP contribution in [0.25, 0.3) is 22.2 Å². The van der Waals surface area contributed by atoms with E-state index in [0.29, 0.717) is 29.1 Å². The number of para-hydroxylation sites is 2. The maximum absolute atomic E-state index is 12.9. The molecule has 4 rings (SSSR count). The Balaban J connectivity index is 1.73. The number of aryl methyl sites for hydroxylation is 1. The normalized spacial score (nSPS) is 16.8. The second-order valence-corrected chi connectivity index (χ2v) is 7.24. The number of benzene rings is 1. The van der Waals surface area contributed by atoms with Gasteiger partial charge < -0.3 is 19.8 Å². The van der Waals surface area contributed by atoms with E-state index in [0.717, 1.165) is 49.7 Å². The van der Waals surface area contributed by atoms with Crippen LogP contribution in [-0.4, -0.2) is 39.8 Å². The number of unbranched alkanes of at least 4 members (excludes halogenated alkanes) is 2. The lowest BCUT2D eigenvalue weighted by Crippen LogP contribution is -2.18. The fraction of sp³-hybridized carbons (Fsp3) is 0.476. The third-order valence-electron chi connectivity index (χ3n) is 5.21. The smallest absolute Gasteiger partial charge is 0.344 e. The number of aromatic nitrogens is 3. The number of nitrogens with two attached hydrogens (primary N) is 1. The van der Waals surface area contributed by atoms with Crippen molar-refractivity contribution in [1.29, 1.82) is 0 Å². The van der Waals surface area contributed by atoms with E-state index < -0.39 is 5.97 Å². The van der Waals surface area contributed by atoms with Crippen LogP contribution in [0.2, 0.25) is 0 Å². The summed E-state index contributed by atoms with van der Waals surface area (Å²) < 4.78 is 13.0. The fourth-order valence-electron chi connectivity index (χ4n) is 3.68. The molecule has 1 aliphatic rings. The Bertz CT molecular complexity index is 992. The molecule has 1 atom stereocenters. The molecule has 0 unspecified atom stereocenters. The molecule has 28 heavy (non-hydrogen) atoms. The van der Waals surface area contributed by atoms with Gasteiger partial charge in [0.15, 0.2) is 5.65 Å². The molecule has 0 spiro atoms. The Labute approximate surface area is 163 Å². The van der Waals surface area contributed by atoms with Gasteiger partial charge in [0.25, 0.3) is 0 Å². The summed E-state index contributed by atoms with van der Waals surface area (Å²) in [6.07, 6.45) is 5.02. The summed E-state index contributed by atoms with van der Waals surface area (Å²) in [5, 5.41) is 0. The van der Waals surface area contributed by atoms with Gasteiger partial charge in [0, 0.05) is 13.2 Å². The number of ether oxygens (including phenoxy) is 2. The Morgan fingerprint density at radius 3 is 2.79 bits per heavy atom. The number of hydrogen-bond donors (Lipinski definition) is 1. The summed E-state index contributed by atoms with van der Waals surface area (Å²) in [6.45, 7) is 3.81. The lowest BCUT2D eigenvalue weighted by molar-refractivity contribution is 0.0163. The maximum Gasteiger partial charge on any atom is 0.344 e. The first-order chi connectivity index (χ1) is 13.7. The summed E-state index contributed by atoms with van der Waals surface area (Å²) in [5.41, 5.74) is 9.36. The van der Waals surface area contributed by atoms with Crippen molar-refractivity contribution in [3.05, 3.63) is 29.8 Å². The zero-order valence-corrected chi connectivity index (χ0v) is 16.2. The van der Waals surface area contributed by atoms with Crippen molar-refractivity contribution >= 4 is 34.0 Å². The Morgan fingerprint density at radius 1 is 1.29 bits per heavy atom. The second-order valence-electron chi connectivity index (χ2n) is 7.24. The average Bonchev–Trinajstić information content (AvgIpc) is 3.31. The molecule has 0 bridgehead atoms. The molecule has 2 N–H and O–H groups in total. The SMILES string of the molecule is CCCCCn1c(N)c(C(=O)OC[C@H]2CCCO2)c2nc3ccccc3nc21. The van der Waals surface area contributed by atoms with Crippen LogP contribution in [0.4, 0.5) is 5.82 Å². The fourth-order valence-corrected chi connectivity index (χ4v) is 3.68. The first kappa shape index (κ1) is 18.7. The maximum atomic E-state index is 12.9. The summed E-state index contributed by atoms with van der Waals surface area (Å²) in [7, 11) is 0. The predicted molar refractivity (Wildman–Crippen MR) is 108 cm³/mol. The molecular weight excluding hydrogens is 356 g/mol. The molecule has 0 amide bonds. The molecular formula is C21H26N4O3. The number of hydrogen-bond acceptors (Lipinski definition) is 6. The van der Waals surface area contributed by atoms with Gasteiger partial charge in [0.1, 0.15) is 23.5 Å². The van der Waals surface area contributed by atoms with E-state index in [2.05, 4.69) is 6.92 Å². The average molecular weight is 382 g/mol. The number of esters is 1. The molecule has 0 saturated carbocycles. The van der Waals surface area contributed by atoms with Gasteiger partial charge in [-0.2, -0.15) is 0 Å². The van der Waals surface area contributed by atoms with Crippen molar-refractivity contribution in [2.75, 3.05) is 18.9 Å². The summed E-state index contributed by atoms with van der Waals surface area (Å²) in [5.74, 6) is -0.0874. The minimum Gasteiger partial charge on any atom is -0.459 e. The highest BCUT2D eigenvalue weighted by atomic mass is 16.6. The zero-order chi connectivity index (χ0) is 19.5. The highest BCUT2D eigenvalue weighted by Crippen LogP contribution is 2.29. The second kappa shape index (κ2) is 8.14. The molecule has 7 nitrogen and oxygen atoms in total. The van der Waals surface area contributed by atoms with Crippen LogP contribution < -0.4 is 5.73 Å². The van der Waals surface area contributed by atoms with E-state index in [1.165, 1.54) is 0 Å². The van der Waals surface area contributed by atoms with Gasteiger partial charge in [-0.15, -0.1) is 0 Å². The van der Waals surface area contributed by atoms with Gasteiger partial charge in [-0.1, -0.05) is 31.9 Å². The first-order valence-corrected chi connectivity index (χ1v) is 10.0. The van der Waals surface area contributed by atoms with Crippen LogP contribution in [0.1, 0.15) is 49.4 Å². The number of rotatable bonds is 7. The molecule has 1 saturated heterocycles. The topological polar surface area (TPSA) is 92.3 Å². The van der Waals surface area contributed by atoms with E-state index in [9.17, 15) is 4.79 Å². The van der Waals surface area contributed by atoms with E-state index >= 15 is 0 Å². The van der Waals surface area contributed by atoms with Gasteiger partial charge in [0.2, 0.25) is 0 Å². The highest BCUT2D eigenvalue weighted by molar-refractivity contribution is 6.08. The van der Waals surface area contributed by atoms with Crippen LogP contribution in [0.3, 0.4) is 0 Å². The number of fused-ring (bicyclic) bond motifs is 2. The number of carbonyl (C=O) groups excluding carboxylic acids is 1. The molecule has 2 aromatic heterocycles. The van der Waals surface area contributed by atoms with Crippen LogP contribution in [-0.2, 0) is 16.0 Å². The van der Waals surface area contributed by atoms with E-state index in [-0.39, 0.29) is 12.7 Å². The predicted octanol–water partition coefficient (Wildman–Crippen LogP) is 3.69. The first-order valence-electron chi connectivity index (χ1n) is 10.0. The largest absolute Gasteiger partial charge is 0.459 e. The third-order valence-corrected chi connectivity index (χ3v) is 5.21. The van der Waals surface area contributed by atoms with Gasteiger partial charge in [-0.05, 0) is 31.4 Å². The van der Waals surface area contributed by atoms with Crippen LogP contribution in [0.15, 0.2) is 24.3 Å². The van der Waals surface area contributed by atoms with E-state index in [1.807, 2.05) is 28.8 Å². The van der Waals surface area contributed by atoms with Gasteiger partial charge in [-0.3, -0.25) is 0 Å². The van der Waals surface area contributed by atoms with Gasteiger partial charge >= 0.3 is 5.97 Å². The van der Waals surface area contributed by atoms with Crippen LogP contribution >= 0.6 is 0 Å². The molecule has 0 radical (unpaired) electrons. The van der Waals surface area contributed by atoms with Crippen molar-refractivity contribution in [2.24, 2.45) is 0 Å². The van der Waals surface area contributed by atoms with Crippen LogP contribution in [0.5, 0.6) is 0 Å². The molecule has 3 aromatic rings. The molecule has 7 heteroatoms. The Hall–Kier alpha value is -2.67. The van der Waals surface area contributed by atoms with E-state index in [4.69, 9.17) is 25.2 Å². The monoisotopic (exact) mass is 382 g/mol. The highest BCUT2D eigenvalue weighted by Gasteiger charge is 2.26. The van der Waals surface area contributed by atoms with Crippen molar-refractivity contribution in [3.8, 4) is 0 Å². The quantitative estimate of drug-likeness (QED) is 0.495. The van der Waals surface area contributed by atoms with Gasteiger partial charge in [0.05, 0.1) is 17.1 Å². The molecule has 0 aliphatic carbocycles. The molecule has 1 fully saturated rings. The molecule has 1 aliphatic heterocycles. The lowest BCUT2D eigenvalue weighted by Gasteiger charge is -2.10. The minimum atomic E-state index is -0.461. The van der Waals surface area contributed by atoms with Crippen molar-refractivity contribution in [1.82, 2.24) is 14.5 Å². The molecule has 1 aromatic carbocycles. The number of anilines is 1. The summed E-state index contributed by atoms with van der Waals surface area (Å²) in [4.78, 5) is 22.3. The third kappa shape index (κ3) is 3.54. The minimum absolute atomic E-state index is 0.0324. The zero-order valence-electron chi connectivity index (χ0n) is 16.2. The molecule has 148 valence electrons. The number of carbonyl (C=O) groups is 1. The van der Waals surface area contributed by atoms with E-state index in [1.54, 1.807) is 0 Å². The number of nitrogen functional groups attached to an aromatic ring is 1. The van der Waals surface area contributed by atoms with Crippen molar-refractivity contribution in [2.45, 2.75) is 51.7 Å². The summed E-state index contributed by atoms with van der Waals surface area (Å²) >= 11 is 0. The lowest BCUT2D eigenvalue weighted by atomic mass is 10.2. The van der Waals surface area contributed by atoms with Crippen molar-refractivity contribution < 1.29 is 14.3 Å². The van der Waals surface area contributed by atoms with Crippen LogP contribution in [0, 0.1) is 0 Å². The number of nitrogens with zero attached hydrogens (tertiary/aromatic N) is 3.